The predicted octanol–water partition coefficient (Wildman–Crippen LogP) is 23.9. The van der Waals surface area contributed by atoms with Gasteiger partial charge in [-0.3, -0.25) is 9.13 Å². The Hall–Kier alpha value is -15.4. The second-order valence-electron chi connectivity index (χ2n) is 28.8. The Labute approximate surface area is 654 Å². The molecule has 12 nitrogen and oxygen atoms in total. The maximum Gasteiger partial charge on any atom is 0.238 e. The zero-order chi connectivity index (χ0) is 75.3. The Morgan fingerprint density at radius 2 is 0.596 bits per heavy atom. The number of fused-ring (bicyclic) bond motifs is 12. The molecule has 0 amide bonds. The van der Waals surface area contributed by atoms with E-state index in [0.29, 0.717) is 52.2 Å². The van der Waals surface area contributed by atoms with Gasteiger partial charge in [-0.2, -0.15) is 19.9 Å². The minimum Gasteiger partial charge on any atom is -0.438 e. The first-order valence-corrected chi connectivity index (χ1v) is 38.2. The van der Waals surface area contributed by atoms with Crippen LogP contribution in [0.25, 0.3) is 156 Å². The lowest BCUT2D eigenvalue weighted by Crippen LogP contribution is -2.32. The average molecular weight is 1460 g/mol. The van der Waals surface area contributed by atoms with E-state index in [-0.39, 0.29) is 0 Å². The zero-order valence-electron chi connectivity index (χ0n) is 61.2. The summed E-state index contributed by atoms with van der Waals surface area (Å²) in [5.74, 6) is 2.95. The maximum absolute atomic E-state index is 6.44. The van der Waals surface area contributed by atoms with Crippen LogP contribution < -0.4 is 0 Å². The number of benzene rings is 14. The summed E-state index contributed by atoms with van der Waals surface area (Å²) < 4.78 is 17.1. The van der Waals surface area contributed by atoms with Crippen molar-refractivity contribution in [3.8, 4) is 68.6 Å². The fourth-order valence-electron chi connectivity index (χ4n) is 17.8. The van der Waals surface area contributed by atoms with E-state index in [9.17, 15) is 0 Å². The van der Waals surface area contributed by atoms with Crippen LogP contribution in [-0.2, 0) is 10.8 Å². The summed E-state index contributed by atoms with van der Waals surface area (Å²) in [5.41, 5.74) is 18.4. The van der Waals surface area contributed by atoms with Crippen LogP contribution in [0, 0.1) is 0 Å². The quantitative estimate of drug-likeness (QED) is 0.0912. The third-order valence-electron chi connectivity index (χ3n) is 22.7. The highest BCUT2D eigenvalue weighted by atomic mass is 16.3. The van der Waals surface area contributed by atoms with Crippen LogP contribution in [0.5, 0.6) is 0 Å². The van der Waals surface area contributed by atoms with E-state index in [2.05, 4.69) is 347 Å². The molecule has 22 aromatic rings. The minimum absolute atomic E-state index is 0.466. The van der Waals surface area contributed by atoms with E-state index in [0.717, 1.165) is 149 Å². The molecule has 534 valence electrons. The number of hydrogen-bond donors (Lipinski definition) is 0. The van der Waals surface area contributed by atoms with E-state index in [4.69, 9.17) is 38.7 Å². The molecule has 114 heavy (non-hydrogen) atoms. The van der Waals surface area contributed by atoms with Gasteiger partial charge in [-0.1, -0.05) is 297 Å². The van der Waals surface area contributed by atoms with Crippen LogP contribution in [-0.4, -0.2) is 49.0 Å². The summed E-state index contributed by atoms with van der Waals surface area (Å²) >= 11 is 0. The molecule has 8 aromatic heterocycles. The lowest BCUT2D eigenvalue weighted by atomic mass is 9.64. The molecule has 0 saturated heterocycles. The highest BCUT2D eigenvalue weighted by Gasteiger charge is 2.43. The Bertz CT molecular complexity index is 7300. The number of furan rings is 2. The fraction of sp³-hybridized carbons (Fsp3) is 0.0196. The maximum atomic E-state index is 6.44. The van der Waals surface area contributed by atoms with Gasteiger partial charge in [0.15, 0.2) is 23.3 Å². The van der Waals surface area contributed by atoms with Gasteiger partial charge < -0.3 is 8.83 Å². The molecule has 0 aliphatic rings. The van der Waals surface area contributed by atoms with Crippen molar-refractivity contribution in [1.29, 1.82) is 0 Å². The molecule has 22 rings (SSSR count). The molecule has 0 N–H and O–H groups in total. The van der Waals surface area contributed by atoms with E-state index < -0.39 is 10.8 Å². The SMILES string of the molecule is c1ccc(C(c2ccccc2)(c2ccccc2)c2ccccc2-c2nc(-c3ccc4oc5ncccc5c4c3)nc(-n3c4ccccc4c4cc(-c5ccc(C(c6ccccc6)(c6ccccc6)c6ccccc6-c6nc(-c7cccc8oc9ncccc9c78)nc(-n7c8ccccc8c8ccccc87)n6)cc5)ccc43)n2)cc1. The van der Waals surface area contributed by atoms with Gasteiger partial charge in [0.05, 0.1) is 32.9 Å². The molecule has 0 spiro atoms. The van der Waals surface area contributed by atoms with Gasteiger partial charge in [0.1, 0.15) is 11.2 Å². The summed E-state index contributed by atoms with van der Waals surface area (Å²) in [6.45, 7) is 0. The Morgan fingerprint density at radius 1 is 0.228 bits per heavy atom. The van der Waals surface area contributed by atoms with Crippen molar-refractivity contribution in [2.75, 3.05) is 0 Å². The van der Waals surface area contributed by atoms with Gasteiger partial charge in [0.2, 0.25) is 23.3 Å². The van der Waals surface area contributed by atoms with Crippen molar-refractivity contribution in [3.63, 3.8) is 0 Å². The molecule has 0 radical (unpaired) electrons. The van der Waals surface area contributed by atoms with E-state index in [1.165, 1.54) is 0 Å². The molecule has 8 heterocycles. The molecule has 0 bridgehead atoms. The van der Waals surface area contributed by atoms with Crippen LogP contribution in [0.4, 0.5) is 0 Å². The Kier molecular flexibility index (Phi) is 15.4. The number of hydrogen-bond acceptors (Lipinski definition) is 10. The van der Waals surface area contributed by atoms with Crippen molar-refractivity contribution < 1.29 is 8.83 Å². The number of rotatable bonds is 15. The summed E-state index contributed by atoms with van der Waals surface area (Å²) in [6.07, 6.45) is 3.51. The first-order chi connectivity index (χ1) is 56.5. The largest absolute Gasteiger partial charge is 0.438 e. The van der Waals surface area contributed by atoms with Gasteiger partial charge in [-0.05, 0) is 134 Å². The monoisotopic (exact) mass is 1460 g/mol. The van der Waals surface area contributed by atoms with Crippen molar-refractivity contribution in [2.45, 2.75) is 10.8 Å². The second kappa shape index (κ2) is 26.7. The molecule has 0 aliphatic heterocycles. The predicted molar refractivity (Wildman–Crippen MR) is 456 cm³/mol. The average Bonchev–Trinajstić information content (AvgIpc) is 1.18. The van der Waals surface area contributed by atoms with Gasteiger partial charge >= 0.3 is 0 Å². The number of nitrogens with zero attached hydrogens (tertiary/aromatic N) is 10. The molecular weight excluding hydrogens is 1400 g/mol. The third-order valence-corrected chi connectivity index (χ3v) is 22.7. The summed E-state index contributed by atoms with van der Waals surface area (Å²) in [7, 11) is 0. The minimum atomic E-state index is -0.953. The zero-order valence-corrected chi connectivity index (χ0v) is 61.2. The topological polar surface area (TPSA) is 139 Å². The Morgan fingerprint density at radius 3 is 1.12 bits per heavy atom. The van der Waals surface area contributed by atoms with E-state index in [1.54, 1.807) is 12.4 Å². The number of aromatic nitrogens is 10. The van der Waals surface area contributed by atoms with Crippen LogP contribution in [0.1, 0.15) is 44.5 Å². The first-order valence-electron chi connectivity index (χ1n) is 38.2. The van der Waals surface area contributed by atoms with Crippen molar-refractivity contribution in [1.82, 2.24) is 49.0 Å². The number of pyridine rings is 2. The van der Waals surface area contributed by atoms with Crippen molar-refractivity contribution in [3.05, 3.63) is 433 Å². The first kappa shape index (κ1) is 65.7. The molecule has 14 aromatic carbocycles. The van der Waals surface area contributed by atoms with Crippen LogP contribution in [0.15, 0.2) is 397 Å². The third kappa shape index (κ3) is 10.4. The highest BCUT2D eigenvalue weighted by molar-refractivity contribution is 6.13. The number of para-hydroxylation sites is 3. The van der Waals surface area contributed by atoms with Gasteiger partial charge in [0, 0.05) is 77.7 Å². The lowest BCUT2D eigenvalue weighted by Gasteiger charge is -2.38. The fourth-order valence-corrected chi connectivity index (χ4v) is 17.8. The van der Waals surface area contributed by atoms with Crippen molar-refractivity contribution >= 4 is 87.7 Å². The molecule has 12 heteroatoms. The molecule has 0 saturated carbocycles. The molecule has 0 aliphatic carbocycles. The van der Waals surface area contributed by atoms with Crippen LogP contribution in [0.3, 0.4) is 0 Å². The van der Waals surface area contributed by atoms with Crippen molar-refractivity contribution in [2.24, 2.45) is 0 Å². The van der Waals surface area contributed by atoms with E-state index in [1.807, 2.05) is 48.5 Å². The van der Waals surface area contributed by atoms with Gasteiger partial charge in [-0.25, -0.2) is 19.9 Å². The molecule has 0 unspecified atom stereocenters. The van der Waals surface area contributed by atoms with Gasteiger partial charge in [0.25, 0.3) is 0 Å². The van der Waals surface area contributed by atoms with Crippen LogP contribution >= 0.6 is 0 Å². The smallest absolute Gasteiger partial charge is 0.238 e. The lowest BCUT2D eigenvalue weighted by molar-refractivity contribution is 0.653. The molecule has 0 fully saturated rings. The molecule has 0 atom stereocenters. The summed E-state index contributed by atoms with van der Waals surface area (Å²) in [6, 6.07) is 133. The van der Waals surface area contributed by atoms with E-state index >= 15 is 0 Å². The summed E-state index contributed by atoms with van der Waals surface area (Å²) in [4.78, 5) is 42.9. The second-order valence-corrected chi connectivity index (χ2v) is 28.8. The normalized spacial score (nSPS) is 12.0. The van der Waals surface area contributed by atoms with Gasteiger partial charge in [-0.15, -0.1) is 0 Å². The standard InChI is InChI=1S/C102H64N10O2/c1-6-29-68(30-7-1)101(69-31-8-2-9-32-69,70-33-10-3-11-34-70)84-47-21-16-42-78(84)94-105-93(67-56-60-90-83(64-67)77-45-27-61-103-97(77)113-90)107-99(108-94)112-88-51-25-20-41-76(88)82-63-66(55-59-89(82)112)65-53-57-73(58-54-65)102(71-35-12-4-13-36-71,72-37-14-5-15-38-72)85-48-22-17-43-79(85)95-106-96(80-44-26-52-91-92(80)81-46-28-62-104-98(81)114-91)110-100(109-95)111-86-49-23-18-39-74(86)75-40-19-24-50-87(75)111/h1-64H. The molecular formula is C102H64N10O2. The summed E-state index contributed by atoms with van der Waals surface area (Å²) in [5, 5.41) is 7.83. The highest BCUT2D eigenvalue weighted by Crippen LogP contribution is 2.52. The Balaban J connectivity index is 0.722. The van der Waals surface area contributed by atoms with Crippen LogP contribution in [0.2, 0.25) is 0 Å².